The highest BCUT2D eigenvalue weighted by Gasteiger charge is 2.66. The Bertz CT molecular complexity index is 751. The molecule has 25 heavy (non-hydrogen) atoms. The lowest BCUT2D eigenvalue weighted by molar-refractivity contribution is -0.120. The van der Waals surface area contributed by atoms with Gasteiger partial charge in [-0.1, -0.05) is 52.6 Å². The molecule has 0 radical (unpaired) electrons. The Morgan fingerprint density at radius 2 is 1.92 bits per heavy atom. The summed E-state index contributed by atoms with van der Waals surface area (Å²) in [6.45, 7) is 8.67. The van der Waals surface area contributed by atoms with Crippen LogP contribution in [-0.4, -0.2) is 15.0 Å². The molecule has 0 aromatic carbocycles. The maximum Gasteiger partial charge on any atom is 0.251 e. The first-order valence-corrected chi connectivity index (χ1v) is 10.9. The Morgan fingerprint density at radius 1 is 1.32 bits per heavy atom. The van der Waals surface area contributed by atoms with E-state index in [0.717, 1.165) is 24.8 Å². The monoisotopic (exact) mass is 490 g/mol. The van der Waals surface area contributed by atoms with Crippen molar-refractivity contribution in [1.29, 1.82) is 0 Å². The van der Waals surface area contributed by atoms with Gasteiger partial charge in [-0.2, -0.15) is 0 Å². The highest BCUT2D eigenvalue weighted by molar-refractivity contribution is 9.25. The zero-order valence-electron chi connectivity index (χ0n) is 15.0. The summed E-state index contributed by atoms with van der Waals surface area (Å²) in [5.74, 6) is 0.0308. The van der Waals surface area contributed by atoms with E-state index in [1.807, 2.05) is 6.92 Å². The quantitative estimate of drug-likeness (QED) is 0.594. The van der Waals surface area contributed by atoms with Gasteiger partial charge < -0.3 is 11.1 Å². The molecule has 1 aromatic heterocycles. The molecule has 1 fully saturated rings. The fraction of sp³-hybridized carbons (Fsp3) is 0.667. The molecule has 2 aliphatic carbocycles. The Labute approximate surface area is 169 Å². The van der Waals surface area contributed by atoms with Gasteiger partial charge in [-0.05, 0) is 49.5 Å². The molecule has 0 spiro atoms. The topological polar surface area (TPSA) is 72.2 Å². The summed E-state index contributed by atoms with van der Waals surface area (Å²) in [6.07, 6.45) is 3.54. The maximum absolute atomic E-state index is 12.7. The highest BCUT2D eigenvalue weighted by atomic mass is 79.9. The van der Waals surface area contributed by atoms with Gasteiger partial charge in [0.15, 0.2) is 0 Å². The van der Waals surface area contributed by atoms with Crippen LogP contribution in [0.5, 0.6) is 0 Å². The summed E-state index contributed by atoms with van der Waals surface area (Å²) in [5.41, 5.74) is 6.91. The minimum atomic E-state index is -0.527. The van der Waals surface area contributed by atoms with Crippen molar-refractivity contribution >= 4 is 60.0 Å². The molecule has 3 N–H and O–H groups in total. The Kier molecular flexibility index (Phi) is 4.69. The first-order chi connectivity index (χ1) is 11.4. The van der Waals surface area contributed by atoms with E-state index in [1.54, 1.807) is 0 Å². The molecule has 7 heteroatoms. The number of amides is 2. The van der Waals surface area contributed by atoms with Crippen molar-refractivity contribution in [1.82, 2.24) is 0 Å². The molecular weight excluding hydrogens is 468 g/mol. The molecule has 138 valence electrons. The van der Waals surface area contributed by atoms with E-state index in [0.29, 0.717) is 22.9 Å². The second-order valence-corrected chi connectivity index (χ2v) is 13.4. The number of rotatable bonds is 3. The summed E-state index contributed by atoms with van der Waals surface area (Å²) in [4.78, 5) is 26.0. The van der Waals surface area contributed by atoms with Crippen LogP contribution in [0.3, 0.4) is 0 Å². The average Bonchev–Trinajstić information content (AvgIpc) is 2.84. The number of nitrogens with one attached hydrogen (secondary N) is 1. The first kappa shape index (κ1) is 19.4. The fourth-order valence-corrected chi connectivity index (χ4v) is 6.37. The molecule has 2 amide bonds. The molecule has 3 rings (SSSR count). The number of fused-ring (bicyclic) bond motifs is 1. The van der Waals surface area contributed by atoms with E-state index in [-0.39, 0.29) is 14.6 Å². The lowest BCUT2D eigenvalue weighted by Gasteiger charge is -2.33. The minimum Gasteiger partial charge on any atom is -0.365 e. The van der Waals surface area contributed by atoms with E-state index < -0.39 is 11.3 Å². The molecule has 0 unspecified atom stereocenters. The fourth-order valence-electron chi connectivity index (χ4n) is 3.56. The molecule has 1 aromatic rings. The Balaban J connectivity index is 1.90. The molecular formula is C18H24Br2N2O2S. The van der Waals surface area contributed by atoms with E-state index in [9.17, 15) is 9.59 Å². The van der Waals surface area contributed by atoms with Crippen LogP contribution < -0.4 is 11.1 Å². The van der Waals surface area contributed by atoms with Crippen LogP contribution in [0, 0.1) is 16.7 Å². The molecule has 0 bridgehead atoms. The second kappa shape index (κ2) is 6.06. The van der Waals surface area contributed by atoms with Gasteiger partial charge >= 0.3 is 0 Å². The zero-order chi connectivity index (χ0) is 18.8. The van der Waals surface area contributed by atoms with Crippen molar-refractivity contribution in [2.75, 3.05) is 5.32 Å². The van der Waals surface area contributed by atoms with Gasteiger partial charge in [-0.3, -0.25) is 9.59 Å². The summed E-state index contributed by atoms with van der Waals surface area (Å²) in [7, 11) is 0. The average molecular weight is 492 g/mol. The van der Waals surface area contributed by atoms with Crippen molar-refractivity contribution in [3.05, 3.63) is 16.0 Å². The lowest BCUT2D eigenvalue weighted by atomic mass is 9.72. The van der Waals surface area contributed by atoms with E-state index in [1.165, 1.54) is 16.2 Å². The number of anilines is 1. The van der Waals surface area contributed by atoms with Gasteiger partial charge in [0.05, 0.1) is 14.2 Å². The van der Waals surface area contributed by atoms with Crippen LogP contribution in [0.15, 0.2) is 0 Å². The Hall–Kier alpha value is -0.400. The number of primary amides is 1. The summed E-state index contributed by atoms with van der Waals surface area (Å²) >= 11 is 8.57. The molecule has 2 atom stereocenters. The number of halogens is 2. The van der Waals surface area contributed by atoms with Gasteiger partial charge in [0.1, 0.15) is 5.00 Å². The normalized spacial score (nSPS) is 27.5. The molecule has 2 aliphatic rings. The van der Waals surface area contributed by atoms with Gasteiger partial charge in [0.2, 0.25) is 5.91 Å². The number of carbonyl (C=O) groups is 2. The lowest BCUT2D eigenvalue weighted by Crippen LogP contribution is -2.28. The highest BCUT2D eigenvalue weighted by Crippen LogP contribution is 2.66. The van der Waals surface area contributed by atoms with Gasteiger partial charge in [0, 0.05) is 4.88 Å². The number of thiophene rings is 1. The number of hydrogen-bond acceptors (Lipinski definition) is 3. The predicted octanol–water partition coefficient (Wildman–Crippen LogP) is 4.83. The Morgan fingerprint density at radius 3 is 2.40 bits per heavy atom. The molecule has 1 saturated carbocycles. The third kappa shape index (κ3) is 3.32. The largest absolute Gasteiger partial charge is 0.365 e. The standard InChI is InChI=1S/C18H24Br2N2O2S/c1-16(2,3)9-5-6-10-11(7-9)25-14(12(10)13(21)23)22-15(24)17(4)8-18(17,19)20/h9H,5-8H2,1-4H3,(H2,21,23)(H,22,24)/t9-,17-/m0/s1. The third-order valence-corrected chi connectivity index (χ3v) is 9.20. The van der Waals surface area contributed by atoms with E-state index in [2.05, 4.69) is 57.9 Å². The van der Waals surface area contributed by atoms with E-state index in [4.69, 9.17) is 5.73 Å². The van der Waals surface area contributed by atoms with Crippen LogP contribution in [-0.2, 0) is 17.6 Å². The van der Waals surface area contributed by atoms with Gasteiger partial charge in [0.25, 0.3) is 5.91 Å². The van der Waals surface area contributed by atoms with Crippen LogP contribution in [0.4, 0.5) is 5.00 Å². The molecule has 0 aliphatic heterocycles. The van der Waals surface area contributed by atoms with Crippen molar-refractivity contribution in [2.24, 2.45) is 22.5 Å². The first-order valence-electron chi connectivity index (χ1n) is 8.50. The predicted molar refractivity (Wildman–Crippen MR) is 110 cm³/mol. The molecule has 4 nitrogen and oxygen atoms in total. The van der Waals surface area contributed by atoms with Crippen LogP contribution in [0.2, 0.25) is 0 Å². The van der Waals surface area contributed by atoms with Gasteiger partial charge in [-0.25, -0.2) is 0 Å². The van der Waals surface area contributed by atoms with E-state index >= 15 is 0 Å². The summed E-state index contributed by atoms with van der Waals surface area (Å²) in [6, 6.07) is 0. The zero-order valence-corrected chi connectivity index (χ0v) is 19.0. The third-order valence-electron chi connectivity index (χ3n) is 5.72. The minimum absolute atomic E-state index is 0.0882. The number of alkyl halides is 2. The number of carbonyl (C=O) groups excluding carboxylic acids is 2. The van der Waals surface area contributed by atoms with Crippen LogP contribution in [0.1, 0.15) is 61.3 Å². The summed E-state index contributed by atoms with van der Waals surface area (Å²) < 4.78 is -0.363. The van der Waals surface area contributed by atoms with Crippen molar-refractivity contribution in [3.63, 3.8) is 0 Å². The van der Waals surface area contributed by atoms with Crippen molar-refractivity contribution in [2.45, 2.75) is 56.6 Å². The summed E-state index contributed by atoms with van der Waals surface area (Å²) in [5, 5.41) is 3.59. The van der Waals surface area contributed by atoms with Crippen LogP contribution in [0.25, 0.3) is 0 Å². The SMILES string of the molecule is CC(C)(C)[C@H]1CCc2c(sc(NC(=O)[C@]3(C)CC3(Br)Br)c2C(N)=O)C1. The van der Waals surface area contributed by atoms with Crippen LogP contribution >= 0.6 is 43.2 Å². The van der Waals surface area contributed by atoms with Crippen molar-refractivity contribution in [3.8, 4) is 0 Å². The number of hydrogen-bond donors (Lipinski definition) is 2. The van der Waals surface area contributed by atoms with Gasteiger partial charge in [-0.15, -0.1) is 11.3 Å². The van der Waals surface area contributed by atoms with Crippen molar-refractivity contribution < 1.29 is 9.59 Å². The maximum atomic E-state index is 12.7. The number of nitrogens with two attached hydrogens (primary N) is 1. The smallest absolute Gasteiger partial charge is 0.251 e. The molecule has 1 heterocycles. The molecule has 0 saturated heterocycles. The second-order valence-electron chi connectivity index (χ2n) is 8.55.